The van der Waals surface area contributed by atoms with Gasteiger partial charge in [0.05, 0.1) is 0 Å². The molecule has 0 saturated heterocycles. The Hall–Kier alpha value is -2.02. The first kappa shape index (κ1) is 16.8. The highest BCUT2D eigenvalue weighted by molar-refractivity contribution is 7.91. The van der Waals surface area contributed by atoms with Gasteiger partial charge in [0.1, 0.15) is 4.21 Å². The molecule has 3 rings (SSSR count). The fourth-order valence-electron chi connectivity index (χ4n) is 2.53. The molecule has 0 bridgehead atoms. The van der Waals surface area contributed by atoms with Crippen molar-refractivity contribution < 1.29 is 8.42 Å². The molecule has 0 spiro atoms. The van der Waals surface area contributed by atoms with Gasteiger partial charge in [-0.15, -0.1) is 11.3 Å². The minimum Gasteiger partial charge on any atom is -0.264 e. The third-order valence-corrected chi connectivity index (χ3v) is 6.58. The summed E-state index contributed by atoms with van der Waals surface area (Å²) in [4.78, 5) is 4.14. The third-order valence-electron chi connectivity index (χ3n) is 3.76. The fraction of sp³-hybridized carbons (Fsp3) is 0.167. The van der Waals surface area contributed by atoms with E-state index in [0.717, 1.165) is 17.5 Å². The molecule has 3 aromatic rings. The van der Waals surface area contributed by atoms with Gasteiger partial charge in [-0.25, -0.2) is 13.1 Å². The molecule has 0 radical (unpaired) electrons. The first-order valence-electron chi connectivity index (χ1n) is 7.62. The van der Waals surface area contributed by atoms with Gasteiger partial charge < -0.3 is 0 Å². The number of rotatable bonds is 7. The van der Waals surface area contributed by atoms with Crippen LogP contribution in [0.15, 0.2) is 76.6 Å². The van der Waals surface area contributed by atoms with Crippen molar-refractivity contribution in [3.05, 3.63) is 83.5 Å². The Bertz CT molecular complexity index is 849. The Labute approximate surface area is 146 Å². The monoisotopic (exact) mass is 358 g/mol. The van der Waals surface area contributed by atoms with E-state index in [4.69, 9.17) is 0 Å². The predicted molar refractivity (Wildman–Crippen MR) is 96.6 cm³/mol. The summed E-state index contributed by atoms with van der Waals surface area (Å²) in [7, 11) is -3.46. The van der Waals surface area contributed by atoms with Crippen molar-refractivity contribution in [2.45, 2.75) is 16.5 Å². The second kappa shape index (κ2) is 7.70. The first-order valence-corrected chi connectivity index (χ1v) is 9.98. The Balaban J connectivity index is 1.78. The maximum atomic E-state index is 12.4. The lowest BCUT2D eigenvalue weighted by molar-refractivity contribution is 0.570. The zero-order valence-electron chi connectivity index (χ0n) is 13.0. The predicted octanol–water partition coefficient (Wildman–Crippen LogP) is 3.45. The molecule has 0 saturated carbocycles. The van der Waals surface area contributed by atoms with Crippen molar-refractivity contribution in [3.63, 3.8) is 0 Å². The topological polar surface area (TPSA) is 59.1 Å². The van der Waals surface area contributed by atoms with Crippen LogP contribution >= 0.6 is 11.3 Å². The Morgan fingerprint density at radius 1 is 1.04 bits per heavy atom. The molecule has 1 unspecified atom stereocenters. The van der Waals surface area contributed by atoms with Gasteiger partial charge in [-0.2, -0.15) is 0 Å². The van der Waals surface area contributed by atoms with E-state index < -0.39 is 10.0 Å². The summed E-state index contributed by atoms with van der Waals surface area (Å²) in [5.41, 5.74) is 2.19. The molecule has 2 heterocycles. The summed E-state index contributed by atoms with van der Waals surface area (Å²) in [5.74, 6) is 0.0464. The SMILES string of the molecule is O=S(=O)(NCC(Cc1cccnc1)c1ccccc1)c1cccs1. The number of hydrogen-bond acceptors (Lipinski definition) is 4. The zero-order chi connectivity index (χ0) is 16.8. The van der Waals surface area contributed by atoms with Crippen LogP contribution in [0.25, 0.3) is 0 Å². The molecule has 24 heavy (non-hydrogen) atoms. The largest absolute Gasteiger partial charge is 0.264 e. The van der Waals surface area contributed by atoms with Crippen molar-refractivity contribution >= 4 is 21.4 Å². The highest BCUT2D eigenvalue weighted by Gasteiger charge is 2.19. The summed E-state index contributed by atoms with van der Waals surface area (Å²) in [6, 6.07) is 17.2. The molecule has 1 atom stereocenters. The molecular weight excluding hydrogens is 340 g/mol. The van der Waals surface area contributed by atoms with Crippen LogP contribution in [0.5, 0.6) is 0 Å². The second-order valence-electron chi connectivity index (χ2n) is 5.46. The summed E-state index contributed by atoms with van der Waals surface area (Å²) in [5, 5.41) is 1.76. The van der Waals surface area contributed by atoms with Crippen LogP contribution in [-0.4, -0.2) is 19.9 Å². The summed E-state index contributed by atoms with van der Waals surface area (Å²) in [6.45, 7) is 0.346. The van der Waals surface area contributed by atoms with Gasteiger partial charge in [-0.05, 0) is 35.1 Å². The average Bonchev–Trinajstić information content (AvgIpc) is 3.16. The third kappa shape index (κ3) is 4.29. The van der Waals surface area contributed by atoms with E-state index in [1.807, 2.05) is 48.7 Å². The number of pyridine rings is 1. The molecule has 0 amide bonds. The van der Waals surface area contributed by atoms with Gasteiger partial charge in [0.15, 0.2) is 0 Å². The quantitative estimate of drug-likeness (QED) is 0.704. The molecule has 2 aromatic heterocycles. The van der Waals surface area contributed by atoms with Crippen molar-refractivity contribution in [2.24, 2.45) is 0 Å². The normalized spacial score (nSPS) is 12.8. The van der Waals surface area contributed by atoms with Gasteiger partial charge in [0, 0.05) is 24.9 Å². The molecule has 6 heteroatoms. The van der Waals surface area contributed by atoms with E-state index in [9.17, 15) is 8.42 Å². The van der Waals surface area contributed by atoms with Gasteiger partial charge in [-0.3, -0.25) is 4.98 Å². The van der Waals surface area contributed by atoms with Crippen LogP contribution < -0.4 is 4.72 Å². The van der Waals surface area contributed by atoms with Crippen molar-refractivity contribution in [1.29, 1.82) is 0 Å². The first-order chi connectivity index (χ1) is 11.6. The Morgan fingerprint density at radius 2 is 1.88 bits per heavy atom. The standard InChI is InChI=1S/C18H18N2O2S2/c21-24(22,18-9-5-11-23-18)20-14-17(16-7-2-1-3-8-16)12-15-6-4-10-19-13-15/h1-11,13,17,20H,12,14H2. The summed E-state index contributed by atoms with van der Waals surface area (Å²) in [6.07, 6.45) is 4.29. The number of aromatic nitrogens is 1. The van der Waals surface area contributed by atoms with Gasteiger partial charge in [0.25, 0.3) is 0 Å². The summed E-state index contributed by atoms with van der Waals surface area (Å²) >= 11 is 1.22. The van der Waals surface area contributed by atoms with Gasteiger partial charge in [0.2, 0.25) is 10.0 Å². The lowest BCUT2D eigenvalue weighted by Gasteiger charge is -2.18. The highest BCUT2D eigenvalue weighted by Crippen LogP contribution is 2.22. The minimum absolute atomic E-state index is 0.0464. The molecule has 4 nitrogen and oxygen atoms in total. The van der Waals surface area contributed by atoms with Crippen LogP contribution in [0.4, 0.5) is 0 Å². The number of nitrogens with one attached hydrogen (secondary N) is 1. The maximum absolute atomic E-state index is 12.4. The zero-order valence-corrected chi connectivity index (χ0v) is 14.6. The lowest BCUT2D eigenvalue weighted by atomic mass is 9.93. The summed E-state index contributed by atoms with van der Waals surface area (Å²) < 4.78 is 27.8. The van der Waals surface area contributed by atoms with E-state index in [1.165, 1.54) is 11.3 Å². The van der Waals surface area contributed by atoms with E-state index in [0.29, 0.717) is 10.8 Å². The van der Waals surface area contributed by atoms with E-state index in [-0.39, 0.29) is 5.92 Å². The van der Waals surface area contributed by atoms with Crippen LogP contribution in [-0.2, 0) is 16.4 Å². The highest BCUT2D eigenvalue weighted by atomic mass is 32.2. The number of nitrogens with zero attached hydrogens (tertiary/aromatic N) is 1. The van der Waals surface area contributed by atoms with Crippen LogP contribution in [0, 0.1) is 0 Å². The molecule has 124 valence electrons. The van der Waals surface area contributed by atoms with Crippen molar-refractivity contribution in [3.8, 4) is 0 Å². The average molecular weight is 358 g/mol. The smallest absolute Gasteiger partial charge is 0.250 e. The number of thiophene rings is 1. The Morgan fingerprint density at radius 3 is 2.54 bits per heavy atom. The molecule has 0 fully saturated rings. The molecule has 1 N–H and O–H groups in total. The van der Waals surface area contributed by atoms with Crippen LogP contribution in [0.2, 0.25) is 0 Å². The van der Waals surface area contributed by atoms with E-state index in [2.05, 4.69) is 9.71 Å². The van der Waals surface area contributed by atoms with E-state index >= 15 is 0 Å². The van der Waals surface area contributed by atoms with Crippen molar-refractivity contribution in [2.75, 3.05) is 6.54 Å². The Kier molecular flexibility index (Phi) is 5.40. The van der Waals surface area contributed by atoms with Crippen LogP contribution in [0.1, 0.15) is 17.0 Å². The molecule has 0 aliphatic heterocycles. The number of sulfonamides is 1. The molecular formula is C18H18N2O2S2. The van der Waals surface area contributed by atoms with Gasteiger partial charge in [-0.1, -0.05) is 42.5 Å². The van der Waals surface area contributed by atoms with Crippen LogP contribution in [0.3, 0.4) is 0 Å². The number of hydrogen-bond donors (Lipinski definition) is 1. The second-order valence-corrected chi connectivity index (χ2v) is 8.40. The van der Waals surface area contributed by atoms with E-state index in [1.54, 1.807) is 23.7 Å². The molecule has 0 aliphatic rings. The molecule has 0 aliphatic carbocycles. The van der Waals surface area contributed by atoms with Crippen molar-refractivity contribution in [1.82, 2.24) is 9.71 Å². The minimum atomic E-state index is -3.46. The fourth-order valence-corrected chi connectivity index (χ4v) is 4.65. The molecule has 1 aromatic carbocycles. The van der Waals surface area contributed by atoms with Gasteiger partial charge >= 0.3 is 0 Å². The lowest BCUT2D eigenvalue weighted by Crippen LogP contribution is -2.29. The maximum Gasteiger partial charge on any atom is 0.250 e. The number of benzene rings is 1.